The van der Waals surface area contributed by atoms with E-state index in [2.05, 4.69) is 5.73 Å². The number of hydrogen-bond acceptors (Lipinski definition) is 3. The van der Waals surface area contributed by atoms with E-state index >= 15 is 0 Å². The minimum absolute atomic E-state index is 0.250. The fourth-order valence-electron chi connectivity index (χ4n) is 0.661. The third-order valence-corrected chi connectivity index (χ3v) is 2.04. The van der Waals surface area contributed by atoms with E-state index in [9.17, 15) is 9.18 Å². The number of halogens is 1. The van der Waals surface area contributed by atoms with Crippen LogP contribution in [0.3, 0.4) is 0 Å². The summed E-state index contributed by atoms with van der Waals surface area (Å²) < 4.78 is 12.3. The van der Waals surface area contributed by atoms with E-state index in [-0.39, 0.29) is 5.82 Å². The third kappa shape index (κ3) is 5.38. The molecule has 0 spiro atoms. The Labute approximate surface area is 81.3 Å². The Morgan fingerprint density at radius 2 is 1.92 bits per heavy atom. The Morgan fingerprint density at radius 1 is 1.38 bits per heavy atom. The van der Waals surface area contributed by atoms with E-state index in [0.29, 0.717) is 5.75 Å². The van der Waals surface area contributed by atoms with E-state index in [0.717, 1.165) is 11.2 Å². The number of carbonyl (C=O) groups excluding carboxylic acids is 1. The molecule has 0 unspecified atom stereocenters. The maximum atomic E-state index is 12.3. The molecule has 1 aromatic carbocycles. The smallest absolute Gasteiger partial charge is 0.130 e. The van der Waals surface area contributed by atoms with Gasteiger partial charge >= 0.3 is 0 Å². The molecule has 4 heteroatoms. The predicted octanol–water partition coefficient (Wildman–Crippen LogP) is 1.69. The highest BCUT2D eigenvalue weighted by Gasteiger charge is 1.92. The Balaban J connectivity index is 0.000000671. The molecule has 0 aliphatic rings. The lowest BCUT2D eigenvalue weighted by atomic mass is 10.4. The van der Waals surface area contributed by atoms with Crippen LogP contribution in [0.15, 0.2) is 29.2 Å². The number of nitrogens with two attached hydrogens (primary N) is 1. The lowest BCUT2D eigenvalue weighted by molar-refractivity contribution is -0.105. The number of benzene rings is 1. The summed E-state index contributed by atoms with van der Waals surface area (Å²) in [5.41, 5.74) is 4.50. The van der Waals surface area contributed by atoms with Crippen molar-refractivity contribution >= 4 is 18.0 Å². The van der Waals surface area contributed by atoms with Crippen LogP contribution in [-0.2, 0) is 4.79 Å². The number of aldehydes is 1. The van der Waals surface area contributed by atoms with Gasteiger partial charge in [-0.3, -0.25) is 0 Å². The van der Waals surface area contributed by atoms with Crippen LogP contribution in [0.25, 0.3) is 0 Å². The van der Waals surface area contributed by atoms with Gasteiger partial charge in [0.05, 0.1) is 5.75 Å². The minimum Gasteiger partial charge on any atom is -0.333 e. The largest absolute Gasteiger partial charge is 0.333 e. The van der Waals surface area contributed by atoms with E-state index in [1.54, 1.807) is 12.1 Å². The molecule has 0 saturated heterocycles. The summed E-state index contributed by atoms with van der Waals surface area (Å²) in [5, 5.41) is 0. The molecule has 72 valence electrons. The molecule has 0 bridgehead atoms. The van der Waals surface area contributed by atoms with Gasteiger partial charge in [-0.1, -0.05) is 0 Å². The van der Waals surface area contributed by atoms with Gasteiger partial charge in [0.15, 0.2) is 0 Å². The lowest BCUT2D eigenvalue weighted by Crippen LogP contribution is -1.79. The molecule has 1 aromatic rings. The molecule has 0 aliphatic carbocycles. The van der Waals surface area contributed by atoms with Crippen LogP contribution in [0.4, 0.5) is 4.39 Å². The molecule has 0 atom stereocenters. The van der Waals surface area contributed by atoms with Crippen molar-refractivity contribution in [1.82, 2.24) is 0 Å². The first kappa shape index (κ1) is 12.1. The molecule has 0 fully saturated rings. The van der Waals surface area contributed by atoms with E-state index in [1.807, 2.05) is 0 Å². The molecule has 13 heavy (non-hydrogen) atoms. The highest BCUT2D eigenvalue weighted by atomic mass is 32.2. The zero-order valence-electron chi connectivity index (χ0n) is 7.37. The highest BCUT2D eigenvalue weighted by Crippen LogP contribution is 2.16. The first-order valence-electron chi connectivity index (χ1n) is 3.72. The second kappa shape index (κ2) is 7.76. The molecule has 0 aliphatic heterocycles. The standard InChI is InChI=1S/C8H7FOS.CH5N/c9-7-1-3-8(4-2-7)11-6-5-10;1-2/h1-5H,6H2;2H2,1H3. The van der Waals surface area contributed by atoms with Crippen molar-refractivity contribution in [2.45, 2.75) is 4.90 Å². The van der Waals surface area contributed by atoms with Gasteiger partial charge in [-0.05, 0) is 31.3 Å². The molecule has 2 N–H and O–H groups in total. The first-order valence-corrected chi connectivity index (χ1v) is 4.71. The van der Waals surface area contributed by atoms with Gasteiger partial charge in [-0.2, -0.15) is 0 Å². The van der Waals surface area contributed by atoms with Crippen molar-refractivity contribution in [1.29, 1.82) is 0 Å². The van der Waals surface area contributed by atoms with Gasteiger partial charge in [0, 0.05) is 4.90 Å². The SMILES string of the molecule is CN.O=CCSc1ccc(F)cc1. The van der Waals surface area contributed by atoms with Crippen molar-refractivity contribution in [3.63, 3.8) is 0 Å². The average molecular weight is 201 g/mol. The van der Waals surface area contributed by atoms with Gasteiger partial charge < -0.3 is 10.5 Å². The summed E-state index contributed by atoms with van der Waals surface area (Å²) in [4.78, 5) is 10.9. The maximum Gasteiger partial charge on any atom is 0.130 e. The number of rotatable bonds is 3. The molecule has 0 saturated carbocycles. The molecule has 0 amide bonds. The van der Waals surface area contributed by atoms with Crippen LogP contribution in [0.5, 0.6) is 0 Å². The van der Waals surface area contributed by atoms with Gasteiger partial charge in [-0.15, -0.1) is 11.8 Å². The molecular formula is C9H12FNOS. The van der Waals surface area contributed by atoms with Crippen LogP contribution in [0.2, 0.25) is 0 Å². The van der Waals surface area contributed by atoms with Gasteiger partial charge in [0.25, 0.3) is 0 Å². The van der Waals surface area contributed by atoms with Crippen LogP contribution in [0, 0.1) is 5.82 Å². The molecule has 0 heterocycles. The predicted molar refractivity (Wildman–Crippen MR) is 53.3 cm³/mol. The molecular weight excluding hydrogens is 189 g/mol. The Hall–Kier alpha value is -0.870. The van der Waals surface area contributed by atoms with E-state index in [4.69, 9.17) is 0 Å². The second-order valence-corrected chi connectivity index (χ2v) is 3.03. The Bertz CT molecular complexity index is 238. The zero-order valence-corrected chi connectivity index (χ0v) is 8.18. The summed E-state index contributed by atoms with van der Waals surface area (Å²) in [5.74, 6) is 0.173. The third-order valence-electron chi connectivity index (χ3n) is 1.13. The molecule has 0 radical (unpaired) electrons. The summed E-state index contributed by atoms with van der Waals surface area (Å²) >= 11 is 1.39. The van der Waals surface area contributed by atoms with Crippen LogP contribution < -0.4 is 5.73 Å². The fourth-order valence-corrected chi connectivity index (χ4v) is 1.25. The normalized spacial score (nSPS) is 8.54. The van der Waals surface area contributed by atoms with Crippen molar-refractivity contribution < 1.29 is 9.18 Å². The molecule has 0 aromatic heterocycles. The van der Waals surface area contributed by atoms with Crippen LogP contribution in [0.1, 0.15) is 0 Å². The Morgan fingerprint density at radius 3 is 2.38 bits per heavy atom. The van der Waals surface area contributed by atoms with Crippen molar-refractivity contribution in [2.24, 2.45) is 5.73 Å². The van der Waals surface area contributed by atoms with Gasteiger partial charge in [-0.25, -0.2) is 4.39 Å². The van der Waals surface area contributed by atoms with Crippen molar-refractivity contribution in [3.8, 4) is 0 Å². The maximum absolute atomic E-state index is 12.3. The quantitative estimate of drug-likeness (QED) is 0.598. The monoisotopic (exact) mass is 201 g/mol. The molecule has 1 rings (SSSR count). The topological polar surface area (TPSA) is 43.1 Å². The lowest BCUT2D eigenvalue weighted by Gasteiger charge is -1.94. The highest BCUT2D eigenvalue weighted by molar-refractivity contribution is 7.99. The van der Waals surface area contributed by atoms with Gasteiger partial charge in [0.2, 0.25) is 0 Å². The number of carbonyl (C=O) groups is 1. The number of hydrogen-bond donors (Lipinski definition) is 1. The second-order valence-electron chi connectivity index (χ2n) is 1.93. The average Bonchev–Trinajstić information content (AvgIpc) is 2.20. The van der Waals surface area contributed by atoms with Crippen molar-refractivity contribution in [3.05, 3.63) is 30.1 Å². The first-order chi connectivity index (χ1) is 6.33. The summed E-state index contributed by atoms with van der Waals surface area (Å²) in [6.45, 7) is 0. The Kier molecular flexibility index (Phi) is 7.24. The minimum atomic E-state index is -0.250. The van der Waals surface area contributed by atoms with Gasteiger partial charge in [0.1, 0.15) is 12.1 Å². The molecule has 2 nitrogen and oxygen atoms in total. The van der Waals surface area contributed by atoms with Crippen LogP contribution in [-0.4, -0.2) is 19.1 Å². The van der Waals surface area contributed by atoms with E-state index < -0.39 is 0 Å². The van der Waals surface area contributed by atoms with Crippen LogP contribution >= 0.6 is 11.8 Å². The summed E-state index contributed by atoms with van der Waals surface area (Å²) in [6.07, 6.45) is 0.827. The van der Waals surface area contributed by atoms with E-state index in [1.165, 1.54) is 30.9 Å². The fraction of sp³-hybridized carbons (Fsp3) is 0.222. The zero-order chi connectivity index (χ0) is 10.1. The summed E-state index contributed by atoms with van der Waals surface area (Å²) in [6, 6.07) is 6.08. The summed E-state index contributed by atoms with van der Waals surface area (Å²) in [7, 11) is 1.50. The number of thioether (sulfide) groups is 1. The van der Waals surface area contributed by atoms with Crippen molar-refractivity contribution in [2.75, 3.05) is 12.8 Å².